The second kappa shape index (κ2) is 5.95. The molecule has 112 valence electrons. The highest BCUT2D eigenvalue weighted by Gasteiger charge is 2.22. The van der Waals surface area contributed by atoms with Crippen LogP contribution in [0.5, 0.6) is 5.75 Å². The summed E-state index contributed by atoms with van der Waals surface area (Å²) >= 11 is 7.49. The molecule has 6 nitrogen and oxygen atoms in total. The molecule has 0 unspecified atom stereocenters. The topological polar surface area (TPSA) is 104 Å². The zero-order valence-electron chi connectivity index (χ0n) is 10.0. The van der Waals surface area contributed by atoms with Crippen molar-refractivity contribution >= 4 is 64.9 Å². The molecule has 0 amide bonds. The van der Waals surface area contributed by atoms with Gasteiger partial charge in [0, 0.05) is 0 Å². The number of carboxylic acids is 1. The van der Waals surface area contributed by atoms with Crippen LogP contribution in [-0.4, -0.2) is 24.6 Å². The van der Waals surface area contributed by atoms with Crippen LogP contribution in [-0.2, 0) is 10.0 Å². The van der Waals surface area contributed by atoms with Crippen molar-refractivity contribution < 1.29 is 23.4 Å². The average molecular weight is 457 g/mol. The van der Waals surface area contributed by atoms with E-state index in [0.29, 0.717) is 7.57 Å². The first-order valence-corrected chi connectivity index (χ1v) is 9.13. The number of sulfonamides is 1. The molecule has 0 fully saturated rings. The van der Waals surface area contributed by atoms with Gasteiger partial charge >= 0.3 is 5.97 Å². The van der Waals surface area contributed by atoms with Crippen LogP contribution in [0.2, 0.25) is 0 Å². The predicted molar refractivity (Wildman–Crippen MR) is 85.6 cm³/mol. The molecule has 10 heteroatoms. The number of rotatable bonds is 4. The Morgan fingerprint density at radius 2 is 1.90 bits per heavy atom. The molecule has 21 heavy (non-hydrogen) atoms. The van der Waals surface area contributed by atoms with Crippen molar-refractivity contribution in [2.45, 2.75) is 4.90 Å². The third-order valence-corrected chi connectivity index (χ3v) is 6.52. The second-order valence-corrected chi connectivity index (χ2v) is 9.23. The minimum Gasteiger partial charge on any atom is -0.506 e. The zero-order chi connectivity index (χ0) is 15.8. The highest BCUT2D eigenvalue weighted by molar-refractivity contribution is 9.12. The minimum absolute atomic E-state index is 0.0143. The number of nitrogens with one attached hydrogen (secondary N) is 1. The molecule has 2 aromatic rings. The van der Waals surface area contributed by atoms with Gasteiger partial charge in [-0.25, -0.2) is 13.2 Å². The number of hydrogen-bond donors (Lipinski definition) is 3. The van der Waals surface area contributed by atoms with E-state index in [1.165, 1.54) is 23.5 Å². The summed E-state index contributed by atoms with van der Waals surface area (Å²) in [7, 11) is -3.96. The van der Waals surface area contributed by atoms with Crippen molar-refractivity contribution in [3.05, 3.63) is 37.4 Å². The van der Waals surface area contributed by atoms with Crippen LogP contribution in [0.25, 0.3) is 0 Å². The maximum Gasteiger partial charge on any atom is 0.335 e. The Morgan fingerprint density at radius 3 is 2.43 bits per heavy atom. The van der Waals surface area contributed by atoms with Gasteiger partial charge < -0.3 is 10.2 Å². The average Bonchev–Trinajstić information content (AvgIpc) is 2.71. The highest BCUT2D eigenvalue weighted by atomic mass is 79.9. The first-order valence-electron chi connectivity index (χ1n) is 5.24. The standard InChI is InChI=1S/C11H7Br2NO5S2/c12-9-4-8(10(13)20-9)21(18,19)14-6-3-5(11(16)17)1-2-7(6)15/h1-4,14-15H,(H,16,17). The predicted octanol–water partition coefficient (Wildman–Crippen LogP) is 3.48. The molecule has 0 aliphatic carbocycles. The molecule has 0 bridgehead atoms. The second-order valence-electron chi connectivity index (χ2n) is 3.83. The van der Waals surface area contributed by atoms with Gasteiger partial charge in [0.15, 0.2) is 0 Å². The van der Waals surface area contributed by atoms with Crippen LogP contribution < -0.4 is 4.72 Å². The van der Waals surface area contributed by atoms with Crippen LogP contribution >= 0.6 is 43.2 Å². The van der Waals surface area contributed by atoms with Gasteiger partial charge in [0.25, 0.3) is 10.0 Å². The molecule has 0 atom stereocenters. The number of hydrogen-bond acceptors (Lipinski definition) is 5. The first kappa shape index (κ1) is 16.3. The largest absolute Gasteiger partial charge is 0.506 e. The number of carbonyl (C=O) groups is 1. The number of aromatic hydroxyl groups is 1. The lowest BCUT2D eigenvalue weighted by Gasteiger charge is -2.09. The molecule has 0 aliphatic rings. The van der Waals surface area contributed by atoms with E-state index in [9.17, 15) is 18.3 Å². The first-order chi connectivity index (χ1) is 9.70. The third-order valence-electron chi connectivity index (χ3n) is 2.40. The smallest absolute Gasteiger partial charge is 0.335 e. The van der Waals surface area contributed by atoms with Gasteiger partial charge in [-0.05, 0) is 56.1 Å². The monoisotopic (exact) mass is 455 g/mol. The quantitative estimate of drug-likeness (QED) is 0.611. The Labute approximate surface area is 140 Å². The normalized spacial score (nSPS) is 11.3. The minimum atomic E-state index is -3.96. The Balaban J connectivity index is 2.43. The van der Waals surface area contributed by atoms with Gasteiger partial charge in [0.05, 0.1) is 18.8 Å². The SMILES string of the molecule is O=C(O)c1ccc(O)c(NS(=O)(=O)c2cc(Br)sc2Br)c1. The van der Waals surface area contributed by atoms with E-state index >= 15 is 0 Å². The number of thiophene rings is 1. The molecule has 0 saturated heterocycles. The molecular weight excluding hydrogens is 450 g/mol. The molecule has 1 aromatic heterocycles. The van der Waals surface area contributed by atoms with E-state index in [-0.39, 0.29) is 21.9 Å². The van der Waals surface area contributed by atoms with Gasteiger partial charge in [-0.3, -0.25) is 4.72 Å². The Morgan fingerprint density at radius 1 is 1.24 bits per heavy atom. The fourth-order valence-corrected chi connectivity index (χ4v) is 6.34. The van der Waals surface area contributed by atoms with E-state index in [2.05, 4.69) is 36.6 Å². The van der Waals surface area contributed by atoms with Crippen LogP contribution in [0.1, 0.15) is 10.4 Å². The summed E-state index contributed by atoms with van der Waals surface area (Å²) < 4.78 is 27.7. The number of benzene rings is 1. The zero-order valence-corrected chi connectivity index (χ0v) is 14.8. The van der Waals surface area contributed by atoms with Gasteiger partial charge in [-0.15, -0.1) is 11.3 Å². The van der Waals surface area contributed by atoms with Crippen molar-refractivity contribution in [3.63, 3.8) is 0 Å². The lowest BCUT2D eigenvalue weighted by Crippen LogP contribution is -2.13. The molecule has 0 spiro atoms. The van der Waals surface area contributed by atoms with Gasteiger partial charge in [0.1, 0.15) is 10.6 Å². The van der Waals surface area contributed by atoms with Crippen molar-refractivity contribution in [1.82, 2.24) is 0 Å². The van der Waals surface area contributed by atoms with Crippen molar-refractivity contribution in [3.8, 4) is 5.75 Å². The molecule has 0 aliphatic heterocycles. The summed E-state index contributed by atoms with van der Waals surface area (Å²) in [5.41, 5.74) is -0.347. The lowest BCUT2D eigenvalue weighted by atomic mass is 10.2. The van der Waals surface area contributed by atoms with Gasteiger partial charge in [-0.1, -0.05) is 0 Å². The summed E-state index contributed by atoms with van der Waals surface area (Å²) in [6.45, 7) is 0. The summed E-state index contributed by atoms with van der Waals surface area (Å²) in [5, 5.41) is 18.6. The van der Waals surface area contributed by atoms with Crippen molar-refractivity contribution in [1.29, 1.82) is 0 Å². The van der Waals surface area contributed by atoms with Crippen LogP contribution in [0, 0.1) is 0 Å². The van der Waals surface area contributed by atoms with Crippen molar-refractivity contribution in [2.24, 2.45) is 0 Å². The summed E-state index contributed by atoms with van der Waals surface area (Å²) in [4.78, 5) is 10.9. The van der Waals surface area contributed by atoms with Gasteiger partial charge in [0.2, 0.25) is 0 Å². The van der Waals surface area contributed by atoms with E-state index in [1.54, 1.807) is 0 Å². The number of phenols is 1. The lowest BCUT2D eigenvalue weighted by molar-refractivity contribution is 0.0697. The molecule has 3 N–H and O–H groups in total. The Hall–Kier alpha value is -1.10. The Kier molecular flexibility index (Phi) is 4.61. The summed E-state index contributed by atoms with van der Waals surface area (Å²) in [5.74, 6) is -1.59. The van der Waals surface area contributed by atoms with Crippen LogP contribution in [0.3, 0.4) is 0 Å². The van der Waals surface area contributed by atoms with E-state index in [4.69, 9.17) is 5.11 Å². The number of carboxylic acid groups (broad SMARTS) is 1. The fraction of sp³-hybridized carbons (Fsp3) is 0. The molecular formula is C11H7Br2NO5S2. The van der Waals surface area contributed by atoms with Crippen molar-refractivity contribution in [2.75, 3.05) is 4.72 Å². The maximum atomic E-state index is 12.3. The summed E-state index contributed by atoms with van der Waals surface area (Å²) in [6.07, 6.45) is 0. The van der Waals surface area contributed by atoms with E-state index < -0.39 is 16.0 Å². The third kappa shape index (κ3) is 3.57. The molecule has 2 rings (SSSR count). The number of anilines is 1. The van der Waals surface area contributed by atoms with E-state index in [0.717, 1.165) is 12.1 Å². The Bertz CT molecular complexity index is 816. The molecule has 0 saturated carbocycles. The van der Waals surface area contributed by atoms with Crippen LogP contribution in [0.4, 0.5) is 5.69 Å². The fourth-order valence-electron chi connectivity index (χ4n) is 1.46. The number of aromatic carboxylic acids is 1. The molecule has 0 radical (unpaired) electrons. The number of phenolic OH excluding ortho intramolecular Hbond substituents is 1. The maximum absolute atomic E-state index is 12.3. The summed E-state index contributed by atoms with van der Waals surface area (Å²) in [6, 6.07) is 4.73. The molecule has 1 aromatic carbocycles. The van der Waals surface area contributed by atoms with Crippen LogP contribution in [0.15, 0.2) is 36.7 Å². The molecule has 1 heterocycles. The van der Waals surface area contributed by atoms with Gasteiger partial charge in [-0.2, -0.15) is 0 Å². The van der Waals surface area contributed by atoms with E-state index in [1.807, 2.05) is 0 Å². The highest BCUT2D eigenvalue weighted by Crippen LogP contribution is 2.36. The number of halogens is 2.